The number of methoxy groups -OCH3 is 1. The molecule has 1 N–H and O–H groups in total. The van der Waals surface area contributed by atoms with Crippen molar-refractivity contribution in [3.05, 3.63) is 10.7 Å². The lowest BCUT2D eigenvalue weighted by atomic mass is 10.5. The van der Waals surface area contributed by atoms with Gasteiger partial charge in [0.15, 0.2) is 0 Å². The highest BCUT2D eigenvalue weighted by Gasteiger charge is 2.08. The van der Waals surface area contributed by atoms with Gasteiger partial charge in [0.05, 0.1) is 17.3 Å². The Hall–Kier alpha value is -0.820. The van der Waals surface area contributed by atoms with Crippen LogP contribution in [0.1, 0.15) is 13.3 Å². The maximum Gasteiger partial charge on any atom is 0.316 e. The number of esters is 1. The lowest BCUT2D eigenvalue weighted by molar-refractivity contribution is -0.137. The van der Waals surface area contributed by atoms with E-state index in [1.807, 2.05) is 0 Å². The van der Waals surface area contributed by atoms with E-state index in [1.165, 1.54) is 18.9 Å². The second kappa shape index (κ2) is 7.50. The summed E-state index contributed by atoms with van der Waals surface area (Å²) in [6, 6.07) is 0. The molecule has 17 heavy (non-hydrogen) atoms. The minimum atomic E-state index is -0.274. The predicted octanol–water partition coefficient (Wildman–Crippen LogP) is 2.33. The van der Waals surface area contributed by atoms with Crippen LogP contribution in [0.15, 0.2) is 15.7 Å². The van der Waals surface area contributed by atoms with Crippen LogP contribution in [0.2, 0.25) is 0 Å². The summed E-state index contributed by atoms with van der Waals surface area (Å²) in [5, 5.41) is 3.82. The molecule has 0 saturated heterocycles. The van der Waals surface area contributed by atoms with Gasteiger partial charge in [-0.1, -0.05) is 18.7 Å². The Balaban J connectivity index is 2.65. The van der Waals surface area contributed by atoms with Gasteiger partial charge in [-0.3, -0.25) is 4.79 Å². The van der Waals surface area contributed by atoms with Crippen molar-refractivity contribution in [1.29, 1.82) is 0 Å². The van der Waals surface area contributed by atoms with E-state index in [0.717, 1.165) is 22.5 Å². The van der Waals surface area contributed by atoms with Gasteiger partial charge in [0.2, 0.25) is 5.95 Å². The first kappa shape index (κ1) is 14.2. The summed E-state index contributed by atoms with van der Waals surface area (Å²) < 4.78 is 5.34. The van der Waals surface area contributed by atoms with Crippen LogP contribution in [0, 0.1) is 0 Å². The minimum absolute atomic E-state index is 0.235. The number of nitrogens with one attached hydrogen (secondary N) is 1. The van der Waals surface area contributed by atoms with Gasteiger partial charge in [0, 0.05) is 12.7 Å². The van der Waals surface area contributed by atoms with Crippen LogP contribution in [0.3, 0.4) is 0 Å². The number of hydrogen-bond donors (Lipinski definition) is 1. The molecule has 0 spiro atoms. The van der Waals surface area contributed by atoms with Crippen molar-refractivity contribution in [2.45, 2.75) is 18.4 Å². The number of aromatic nitrogens is 2. The van der Waals surface area contributed by atoms with Gasteiger partial charge in [0.1, 0.15) is 5.03 Å². The Morgan fingerprint density at radius 1 is 1.65 bits per heavy atom. The molecule has 94 valence electrons. The molecule has 0 atom stereocenters. The van der Waals surface area contributed by atoms with Crippen molar-refractivity contribution in [3.63, 3.8) is 0 Å². The van der Waals surface area contributed by atoms with Gasteiger partial charge in [-0.2, -0.15) is 0 Å². The highest BCUT2D eigenvalue weighted by Crippen LogP contribution is 2.25. The number of nitrogens with zero attached hydrogens (tertiary/aromatic N) is 2. The van der Waals surface area contributed by atoms with Crippen LogP contribution >= 0.6 is 27.7 Å². The average molecular weight is 320 g/mol. The number of thioether (sulfide) groups is 1. The summed E-state index contributed by atoms with van der Waals surface area (Å²) in [5.74, 6) is 0.533. The fourth-order valence-electron chi connectivity index (χ4n) is 0.961. The van der Waals surface area contributed by atoms with Gasteiger partial charge < -0.3 is 10.1 Å². The Kier molecular flexibility index (Phi) is 6.28. The van der Waals surface area contributed by atoms with Crippen LogP contribution in [-0.4, -0.2) is 35.3 Å². The Labute approximate surface area is 113 Å². The van der Waals surface area contributed by atoms with E-state index < -0.39 is 0 Å². The minimum Gasteiger partial charge on any atom is -0.468 e. The van der Waals surface area contributed by atoms with Gasteiger partial charge in [0.25, 0.3) is 0 Å². The van der Waals surface area contributed by atoms with Crippen molar-refractivity contribution in [3.8, 4) is 0 Å². The van der Waals surface area contributed by atoms with Gasteiger partial charge in [-0.05, 0) is 22.4 Å². The van der Waals surface area contributed by atoms with Crippen LogP contribution in [0.25, 0.3) is 0 Å². The summed E-state index contributed by atoms with van der Waals surface area (Å²) in [7, 11) is 1.37. The van der Waals surface area contributed by atoms with E-state index >= 15 is 0 Å². The molecule has 0 aromatic carbocycles. The number of anilines is 1. The second-order valence-electron chi connectivity index (χ2n) is 3.14. The van der Waals surface area contributed by atoms with Crippen LogP contribution in [-0.2, 0) is 9.53 Å². The summed E-state index contributed by atoms with van der Waals surface area (Å²) >= 11 is 4.66. The molecule has 7 heteroatoms. The van der Waals surface area contributed by atoms with Gasteiger partial charge in [-0.15, -0.1) is 0 Å². The summed E-state index contributed by atoms with van der Waals surface area (Å²) in [4.78, 5) is 19.5. The molecule has 1 heterocycles. The molecule has 0 unspecified atom stereocenters. The monoisotopic (exact) mass is 319 g/mol. The Bertz CT molecular complexity index is 390. The van der Waals surface area contributed by atoms with E-state index in [9.17, 15) is 4.79 Å². The van der Waals surface area contributed by atoms with Gasteiger partial charge >= 0.3 is 5.97 Å². The molecule has 0 amide bonds. The number of rotatable bonds is 6. The first-order chi connectivity index (χ1) is 8.17. The average Bonchev–Trinajstić information content (AvgIpc) is 2.35. The molecule has 0 aliphatic rings. The zero-order valence-electron chi connectivity index (χ0n) is 9.70. The van der Waals surface area contributed by atoms with Crippen LogP contribution in [0.5, 0.6) is 0 Å². The quantitative estimate of drug-likeness (QED) is 0.493. The molecule has 0 bridgehead atoms. The molecule has 1 rings (SSSR count). The van der Waals surface area contributed by atoms with Crippen molar-refractivity contribution in [2.75, 3.05) is 24.7 Å². The highest BCUT2D eigenvalue weighted by molar-refractivity contribution is 9.10. The lowest BCUT2D eigenvalue weighted by Crippen LogP contribution is -2.06. The SMILES string of the molecule is CCCNc1ncc(Br)c(SCC(=O)OC)n1. The number of hydrogen-bond acceptors (Lipinski definition) is 6. The maximum atomic E-state index is 11.0. The fourth-order valence-corrected chi connectivity index (χ4v) is 2.21. The third kappa shape index (κ3) is 4.91. The molecular weight excluding hydrogens is 306 g/mol. The number of carbonyl (C=O) groups excluding carboxylic acids is 1. The van der Waals surface area contributed by atoms with E-state index in [1.54, 1.807) is 6.20 Å². The molecular formula is C10H14BrN3O2S. The van der Waals surface area contributed by atoms with Crippen molar-refractivity contribution >= 4 is 39.6 Å². The smallest absolute Gasteiger partial charge is 0.316 e. The fraction of sp³-hybridized carbons (Fsp3) is 0.500. The van der Waals surface area contributed by atoms with Crippen molar-refractivity contribution in [2.24, 2.45) is 0 Å². The van der Waals surface area contributed by atoms with E-state index in [-0.39, 0.29) is 11.7 Å². The van der Waals surface area contributed by atoms with Crippen LogP contribution in [0.4, 0.5) is 5.95 Å². The van der Waals surface area contributed by atoms with Crippen LogP contribution < -0.4 is 5.32 Å². The Morgan fingerprint density at radius 3 is 3.06 bits per heavy atom. The summed E-state index contributed by atoms with van der Waals surface area (Å²) in [6.07, 6.45) is 2.68. The third-order valence-corrected chi connectivity index (χ3v) is 3.61. The van der Waals surface area contributed by atoms with Gasteiger partial charge in [-0.25, -0.2) is 9.97 Å². The summed E-state index contributed by atoms with van der Waals surface area (Å²) in [5.41, 5.74) is 0. The maximum absolute atomic E-state index is 11.0. The first-order valence-corrected chi connectivity index (χ1v) is 6.91. The van der Waals surface area contributed by atoms with E-state index in [0.29, 0.717) is 5.95 Å². The number of carbonyl (C=O) groups is 1. The van der Waals surface area contributed by atoms with Crippen molar-refractivity contribution in [1.82, 2.24) is 9.97 Å². The second-order valence-corrected chi connectivity index (χ2v) is 4.96. The molecule has 1 aromatic heterocycles. The molecule has 0 aliphatic heterocycles. The zero-order chi connectivity index (χ0) is 12.7. The number of halogens is 1. The lowest BCUT2D eigenvalue weighted by Gasteiger charge is -2.06. The highest BCUT2D eigenvalue weighted by atomic mass is 79.9. The Morgan fingerprint density at radius 2 is 2.41 bits per heavy atom. The molecule has 1 aromatic rings. The standard InChI is InChI=1S/C10H14BrN3O2S/c1-3-4-12-10-13-5-7(11)9(14-10)17-6-8(15)16-2/h5H,3-4,6H2,1-2H3,(H,12,13,14). The number of ether oxygens (including phenoxy) is 1. The molecule has 5 nitrogen and oxygen atoms in total. The topological polar surface area (TPSA) is 64.1 Å². The largest absolute Gasteiger partial charge is 0.468 e. The zero-order valence-corrected chi connectivity index (χ0v) is 12.1. The normalized spacial score (nSPS) is 10.1. The molecule has 0 aliphatic carbocycles. The van der Waals surface area contributed by atoms with E-state index in [4.69, 9.17) is 0 Å². The predicted molar refractivity (Wildman–Crippen MR) is 71.3 cm³/mol. The first-order valence-electron chi connectivity index (χ1n) is 5.13. The van der Waals surface area contributed by atoms with E-state index in [2.05, 4.69) is 42.9 Å². The van der Waals surface area contributed by atoms with Crippen molar-refractivity contribution < 1.29 is 9.53 Å². The third-order valence-electron chi connectivity index (χ3n) is 1.80. The molecule has 0 fully saturated rings. The molecule has 0 saturated carbocycles. The summed E-state index contributed by atoms with van der Waals surface area (Å²) in [6.45, 7) is 2.89. The molecule has 0 radical (unpaired) electrons.